The summed E-state index contributed by atoms with van der Waals surface area (Å²) in [7, 11) is 0. The molecule has 0 saturated heterocycles. The van der Waals surface area contributed by atoms with E-state index < -0.39 is 0 Å². The van der Waals surface area contributed by atoms with Gasteiger partial charge in [-0.05, 0) is 47.9 Å². The molecule has 2 rings (SSSR count). The number of rotatable bonds is 3. The molecule has 2 aromatic rings. The monoisotopic (exact) mass is 289 g/mol. The Kier molecular flexibility index (Phi) is 3.65. The number of nitrogens with two attached hydrogens (primary N) is 1. The predicted octanol–water partition coefficient (Wildman–Crippen LogP) is 4.57. The first-order valence-electron chi connectivity index (χ1n) is 5.65. The number of fused-ring (bicyclic) bond motifs is 1. The van der Waals surface area contributed by atoms with E-state index in [-0.39, 0.29) is 6.04 Å². The summed E-state index contributed by atoms with van der Waals surface area (Å²) in [6.45, 7) is 5.92. The van der Waals surface area contributed by atoms with Gasteiger partial charge in [0.15, 0.2) is 0 Å². The molecule has 0 aliphatic rings. The van der Waals surface area contributed by atoms with Crippen molar-refractivity contribution in [2.24, 2.45) is 5.73 Å². The molecule has 17 heavy (non-hydrogen) atoms. The Hall–Kier alpha value is -1.12. The molecule has 0 saturated carbocycles. The molecule has 2 heteroatoms. The molecule has 2 aromatic carbocycles. The average molecular weight is 290 g/mol. The van der Waals surface area contributed by atoms with Crippen molar-refractivity contribution in [2.45, 2.75) is 19.4 Å². The van der Waals surface area contributed by atoms with Crippen LogP contribution in [0, 0.1) is 0 Å². The Bertz CT molecular complexity index is 560. The molecule has 0 amide bonds. The van der Waals surface area contributed by atoms with Crippen molar-refractivity contribution in [1.29, 1.82) is 0 Å². The molecule has 88 valence electrons. The lowest BCUT2D eigenvalue weighted by Gasteiger charge is -2.12. The van der Waals surface area contributed by atoms with Crippen LogP contribution in [0.5, 0.6) is 0 Å². The first-order chi connectivity index (χ1) is 8.06. The van der Waals surface area contributed by atoms with Crippen LogP contribution in [0.1, 0.15) is 24.9 Å². The Morgan fingerprint density at radius 1 is 1.24 bits per heavy atom. The molecule has 0 fully saturated rings. The maximum atomic E-state index is 6.15. The van der Waals surface area contributed by atoms with Gasteiger partial charge in [0, 0.05) is 10.5 Å². The van der Waals surface area contributed by atoms with Gasteiger partial charge in [0.05, 0.1) is 0 Å². The van der Waals surface area contributed by atoms with Crippen LogP contribution >= 0.6 is 15.9 Å². The van der Waals surface area contributed by atoms with E-state index in [9.17, 15) is 0 Å². The zero-order chi connectivity index (χ0) is 12.4. The van der Waals surface area contributed by atoms with Gasteiger partial charge in [-0.1, -0.05) is 39.7 Å². The fourth-order valence-electron chi connectivity index (χ4n) is 1.96. The lowest BCUT2D eigenvalue weighted by atomic mass is 9.98. The topological polar surface area (TPSA) is 26.0 Å². The quantitative estimate of drug-likeness (QED) is 0.823. The highest BCUT2D eigenvalue weighted by Crippen LogP contribution is 2.25. The molecule has 0 aliphatic heterocycles. The molecule has 1 unspecified atom stereocenters. The Labute approximate surface area is 110 Å². The maximum Gasteiger partial charge on any atom is 0.0332 e. The second-order valence-corrected chi connectivity index (χ2v) is 5.43. The van der Waals surface area contributed by atoms with Crippen LogP contribution in [0.25, 0.3) is 10.8 Å². The maximum absolute atomic E-state index is 6.15. The van der Waals surface area contributed by atoms with Crippen LogP contribution in [0.15, 0.2) is 53.0 Å². The normalized spacial score (nSPS) is 12.6. The average Bonchev–Trinajstić information content (AvgIpc) is 2.27. The molecule has 0 aromatic heterocycles. The van der Waals surface area contributed by atoms with Crippen molar-refractivity contribution < 1.29 is 0 Å². The fourth-order valence-corrected chi connectivity index (χ4v) is 2.34. The number of halogens is 1. The number of benzene rings is 2. The van der Waals surface area contributed by atoms with Crippen LogP contribution in [-0.2, 0) is 0 Å². The van der Waals surface area contributed by atoms with Gasteiger partial charge in [0.2, 0.25) is 0 Å². The summed E-state index contributed by atoms with van der Waals surface area (Å²) in [6, 6.07) is 12.7. The predicted molar refractivity (Wildman–Crippen MR) is 78.0 cm³/mol. The summed E-state index contributed by atoms with van der Waals surface area (Å²) in [5, 5.41) is 2.45. The van der Waals surface area contributed by atoms with Crippen LogP contribution in [0.2, 0.25) is 0 Å². The SMILES string of the molecule is C=C(C)CC(N)c1ccc2cc(Br)ccc2c1. The smallest absolute Gasteiger partial charge is 0.0332 e. The molecule has 2 N–H and O–H groups in total. The van der Waals surface area contributed by atoms with E-state index in [0.717, 1.165) is 16.5 Å². The third kappa shape index (κ3) is 2.96. The van der Waals surface area contributed by atoms with Crippen LogP contribution in [0.3, 0.4) is 0 Å². The molecule has 1 atom stereocenters. The second-order valence-electron chi connectivity index (χ2n) is 4.52. The standard InChI is InChI=1S/C15H16BrN/c1-10(2)7-15(17)13-4-3-12-9-14(16)6-5-11(12)8-13/h3-6,8-9,15H,1,7,17H2,2H3. The molecule has 0 spiro atoms. The van der Waals surface area contributed by atoms with Gasteiger partial charge in [-0.25, -0.2) is 0 Å². The van der Waals surface area contributed by atoms with E-state index in [0.29, 0.717) is 0 Å². The summed E-state index contributed by atoms with van der Waals surface area (Å²) in [6.07, 6.45) is 0.835. The molecule has 0 bridgehead atoms. The third-order valence-corrected chi connectivity index (χ3v) is 3.32. The second kappa shape index (κ2) is 5.03. The zero-order valence-corrected chi connectivity index (χ0v) is 11.5. The van der Waals surface area contributed by atoms with Gasteiger partial charge in [-0.3, -0.25) is 0 Å². The summed E-state index contributed by atoms with van der Waals surface area (Å²) in [5.74, 6) is 0. The first-order valence-corrected chi connectivity index (χ1v) is 6.45. The number of hydrogen-bond acceptors (Lipinski definition) is 1. The largest absolute Gasteiger partial charge is 0.324 e. The van der Waals surface area contributed by atoms with Crippen molar-refractivity contribution >= 4 is 26.7 Å². The minimum absolute atomic E-state index is 0.0422. The summed E-state index contributed by atoms with van der Waals surface area (Å²) in [5.41, 5.74) is 8.43. The zero-order valence-electron chi connectivity index (χ0n) is 9.91. The summed E-state index contributed by atoms with van der Waals surface area (Å²) < 4.78 is 1.10. The Balaban J connectivity index is 2.37. The third-order valence-electron chi connectivity index (χ3n) is 2.82. The lowest BCUT2D eigenvalue weighted by molar-refractivity contribution is 0.718. The van der Waals surface area contributed by atoms with E-state index in [1.54, 1.807) is 0 Å². The minimum atomic E-state index is 0.0422. The van der Waals surface area contributed by atoms with E-state index in [4.69, 9.17) is 5.73 Å². The number of hydrogen-bond donors (Lipinski definition) is 1. The van der Waals surface area contributed by atoms with Gasteiger partial charge in [0.25, 0.3) is 0 Å². The lowest BCUT2D eigenvalue weighted by Crippen LogP contribution is -2.10. The molecule has 0 heterocycles. The first kappa shape index (κ1) is 12.3. The van der Waals surface area contributed by atoms with E-state index in [1.807, 2.05) is 6.92 Å². The molecule has 0 radical (unpaired) electrons. The highest BCUT2D eigenvalue weighted by atomic mass is 79.9. The van der Waals surface area contributed by atoms with Crippen molar-refractivity contribution in [3.05, 3.63) is 58.6 Å². The molecule has 1 nitrogen and oxygen atoms in total. The molecule has 0 aliphatic carbocycles. The van der Waals surface area contributed by atoms with Gasteiger partial charge < -0.3 is 5.73 Å². The summed E-state index contributed by atoms with van der Waals surface area (Å²) >= 11 is 3.48. The molecular weight excluding hydrogens is 274 g/mol. The van der Waals surface area contributed by atoms with Crippen LogP contribution in [-0.4, -0.2) is 0 Å². The van der Waals surface area contributed by atoms with Gasteiger partial charge in [-0.2, -0.15) is 0 Å². The Morgan fingerprint density at radius 2 is 1.88 bits per heavy atom. The fraction of sp³-hybridized carbons (Fsp3) is 0.200. The minimum Gasteiger partial charge on any atom is -0.324 e. The van der Waals surface area contributed by atoms with Gasteiger partial charge in [0.1, 0.15) is 0 Å². The van der Waals surface area contributed by atoms with Crippen LogP contribution < -0.4 is 5.73 Å². The van der Waals surface area contributed by atoms with E-state index >= 15 is 0 Å². The van der Waals surface area contributed by atoms with Crippen molar-refractivity contribution in [2.75, 3.05) is 0 Å². The highest BCUT2D eigenvalue weighted by Gasteiger charge is 2.06. The summed E-state index contributed by atoms with van der Waals surface area (Å²) in [4.78, 5) is 0. The van der Waals surface area contributed by atoms with Crippen molar-refractivity contribution in [3.8, 4) is 0 Å². The highest BCUT2D eigenvalue weighted by molar-refractivity contribution is 9.10. The van der Waals surface area contributed by atoms with E-state index in [2.05, 4.69) is 58.9 Å². The van der Waals surface area contributed by atoms with E-state index in [1.165, 1.54) is 16.3 Å². The van der Waals surface area contributed by atoms with Crippen molar-refractivity contribution in [1.82, 2.24) is 0 Å². The van der Waals surface area contributed by atoms with Gasteiger partial charge in [-0.15, -0.1) is 6.58 Å². The Morgan fingerprint density at radius 3 is 2.59 bits per heavy atom. The van der Waals surface area contributed by atoms with Gasteiger partial charge >= 0.3 is 0 Å². The van der Waals surface area contributed by atoms with Crippen molar-refractivity contribution in [3.63, 3.8) is 0 Å². The van der Waals surface area contributed by atoms with Crippen LogP contribution in [0.4, 0.5) is 0 Å². The molecular formula is C15H16BrN.